The molecule has 0 amide bonds. The van der Waals surface area contributed by atoms with Gasteiger partial charge in [-0.05, 0) is 35.4 Å². The Labute approximate surface area is 302 Å². The number of aromatic nitrogens is 2. The first-order valence-corrected chi connectivity index (χ1v) is 18.1. The molecule has 0 aliphatic carbocycles. The third kappa shape index (κ3) is 8.11. The van der Waals surface area contributed by atoms with Gasteiger partial charge in [0.1, 0.15) is 0 Å². The van der Waals surface area contributed by atoms with Gasteiger partial charge in [0.25, 0.3) is 0 Å². The Morgan fingerprint density at radius 3 is 1.33 bits per heavy atom. The number of pyridine rings is 2. The summed E-state index contributed by atoms with van der Waals surface area (Å²) >= 11 is 1.36. The zero-order valence-electron chi connectivity index (χ0n) is 26.4. The number of fused-ring (bicyclic) bond motifs is 4. The van der Waals surface area contributed by atoms with Gasteiger partial charge in [0.15, 0.2) is 0 Å². The predicted molar refractivity (Wildman–Crippen MR) is 203 cm³/mol. The van der Waals surface area contributed by atoms with Crippen LogP contribution < -0.4 is 0 Å². The Kier molecular flexibility index (Phi) is 14.8. The number of nitrogens with zero attached hydrogens (tertiary/aromatic N) is 2. The van der Waals surface area contributed by atoms with Crippen molar-refractivity contribution in [3.8, 4) is 22.3 Å². The van der Waals surface area contributed by atoms with Crippen LogP contribution in [0.15, 0.2) is 134 Å². The van der Waals surface area contributed by atoms with Crippen molar-refractivity contribution in [2.24, 2.45) is 0 Å². The summed E-state index contributed by atoms with van der Waals surface area (Å²) in [7, 11) is 0. The van der Waals surface area contributed by atoms with Crippen molar-refractivity contribution < 1.29 is 23.3 Å². The number of hydrogen-bond acceptors (Lipinski definition) is 2. The quantitative estimate of drug-likeness (QED) is 0.131. The second kappa shape index (κ2) is 17.5. The van der Waals surface area contributed by atoms with Crippen molar-refractivity contribution in [1.29, 1.82) is 0 Å². The Morgan fingerprint density at radius 1 is 0.522 bits per heavy atom. The van der Waals surface area contributed by atoms with Crippen LogP contribution in [0.1, 0.15) is 11.1 Å². The zero-order valence-corrected chi connectivity index (χ0v) is 31.5. The number of benzene rings is 4. The molecule has 6 aromatic carbocycles. The molecule has 46 heavy (non-hydrogen) atoms. The molecule has 232 valence electrons. The molecule has 0 atom stereocenters. The molecule has 0 fully saturated rings. The van der Waals surface area contributed by atoms with Gasteiger partial charge < -0.3 is 14.9 Å². The molecule has 0 bridgehead atoms. The van der Waals surface area contributed by atoms with Crippen molar-refractivity contribution in [2.45, 2.75) is 13.8 Å². The fourth-order valence-electron chi connectivity index (χ4n) is 5.71. The van der Waals surface area contributed by atoms with E-state index in [1.165, 1.54) is 89.0 Å². The normalized spacial score (nSPS) is 9.85. The molecular weight excluding hydrogens is 699 g/mol. The van der Waals surface area contributed by atoms with Crippen molar-refractivity contribution >= 4 is 75.0 Å². The van der Waals surface area contributed by atoms with E-state index in [1.54, 1.807) is 0 Å². The fraction of sp³-hybridized carbons (Fsp3) is 0.0500. The summed E-state index contributed by atoms with van der Waals surface area (Å²) < 4.78 is 0. The first kappa shape index (κ1) is 38.8. The number of aryl methyl sites for hydroxylation is 2. The molecule has 2 aromatic heterocycles. The molecule has 2 nitrogen and oxygen atoms in total. The van der Waals surface area contributed by atoms with Crippen molar-refractivity contribution in [2.75, 3.05) is 0 Å². The van der Waals surface area contributed by atoms with Crippen molar-refractivity contribution in [3.05, 3.63) is 160 Å². The van der Waals surface area contributed by atoms with Gasteiger partial charge in [-0.15, -0.1) is 93.9 Å². The maximum atomic E-state index is 4.57. The third-order valence-corrected chi connectivity index (χ3v) is 7.59. The summed E-state index contributed by atoms with van der Waals surface area (Å²) in [6, 6.07) is 42.8. The number of hydrogen-bond donors (Lipinski definition) is 0. The van der Waals surface area contributed by atoms with E-state index in [0.29, 0.717) is 0 Å². The third-order valence-electron chi connectivity index (χ3n) is 7.59. The number of halogens is 2. The molecule has 2 heterocycles. The van der Waals surface area contributed by atoms with Gasteiger partial charge in [0.05, 0.1) is 11.0 Å². The van der Waals surface area contributed by atoms with Crippen molar-refractivity contribution in [1.82, 2.24) is 9.97 Å². The van der Waals surface area contributed by atoms with E-state index in [2.05, 4.69) is 128 Å². The van der Waals surface area contributed by atoms with E-state index >= 15 is 0 Å². The van der Waals surface area contributed by atoms with Gasteiger partial charge >= 0.3 is 30.2 Å². The van der Waals surface area contributed by atoms with Crippen LogP contribution in [-0.2, 0) is 23.3 Å². The second-order valence-corrected chi connectivity index (χ2v) is 10.5. The van der Waals surface area contributed by atoms with Crippen LogP contribution in [0.3, 0.4) is 0 Å². The SMILES string of the molecule is Cc1cc2c(-c3cnc4ccccc4c3)cccc2[cH-]1.Cc1cc2c(-c3cnc4ccccc4c3)cccc2[cH-]1.Cl.Cl.[CH3-].[CH3-].[Si]=[Zr]. The zero-order chi connectivity index (χ0) is 29.1. The molecule has 6 heteroatoms. The standard InChI is InChI=1S/2C19H14N.2CH3.2ClH.Si.Zr/c2*1-13-9-14-6-4-7-17(18(14)10-13)16-11-15-5-2-3-8-19(15)20-12-16;;;;;;/h2*2-12H,1H3;2*1H3;2*1H;;/q4*-1;;;;. The molecule has 0 saturated heterocycles. The molecule has 0 unspecified atom stereocenters. The summed E-state index contributed by atoms with van der Waals surface area (Å²) in [5.41, 5.74) is 9.58. The Balaban J connectivity index is 0.000000281. The minimum absolute atomic E-state index is 0. The predicted octanol–water partition coefficient (Wildman–Crippen LogP) is 11.5. The monoisotopic (exact) mass is 732 g/mol. The molecule has 2 radical (unpaired) electrons. The van der Waals surface area contributed by atoms with Gasteiger partial charge in [-0.1, -0.05) is 73.5 Å². The average Bonchev–Trinajstić information content (AvgIpc) is 3.62. The van der Waals surface area contributed by atoms with Crippen LogP contribution in [0, 0.1) is 28.7 Å². The van der Waals surface area contributed by atoms with Gasteiger partial charge in [-0.2, -0.15) is 12.1 Å². The average molecular weight is 735 g/mol. The first-order chi connectivity index (χ1) is 20.6. The molecule has 8 aromatic rings. The van der Waals surface area contributed by atoms with Gasteiger partial charge in [-0.25, -0.2) is 0 Å². The first-order valence-electron chi connectivity index (χ1n) is 13.9. The van der Waals surface area contributed by atoms with E-state index in [4.69, 9.17) is 0 Å². The molecule has 0 spiro atoms. The number of para-hydroxylation sites is 2. The van der Waals surface area contributed by atoms with E-state index in [-0.39, 0.29) is 39.7 Å². The molecule has 0 aliphatic heterocycles. The van der Waals surface area contributed by atoms with E-state index < -0.39 is 0 Å². The van der Waals surface area contributed by atoms with Gasteiger partial charge in [-0.3, -0.25) is 9.97 Å². The Morgan fingerprint density at radius 2 is 0.913 bits per heavy atom. The minimum atomic E-state index is 0. The second-order valence-electron chi connectivity index (χ2n) is 10.5. The molecular formula is C40H36Cl2N2SiZr-4. The van der Waals surface area contributed by atoms with Crippen LogP contribution in [0.25, 0.3) is 65.6 Å². The van der Waals surface area contributed by atoms with Crippen LogP contribution in [0.4, 0.5) is 0 Å². The van der Waals surface area contributed by atoms with Crippen molar-refractivity contribution in [3.63, 3.8) is 0 Å². The summed E-state index contributed by atoms with van der Waals surface area (Å²) in [6.07, 6.45) is 3.94. The summed E-state index contributed by atoms with van der Waals surface area (Å²) in [6.45, 7) is 7.34. The van der Waals surface area contributed by atoms with Gasteiger partial charge in [0, 0.05) is 23.2 Å². The van der Waals surface area contributed by atoms with Crippen LogP contribution >= 0.6 is 24.8 Å². The maximum absolute atomic E-state index is 4.57. The van der Waals surface area contributed by atoms with E-state index in [1.807, 2.05) is 36.7 Å². The van der Waals surface area contributed by atoms with Gasteiger partial charge in [0.2, 0.25) is 0 Å². The Hall–Kier alpha value is -3.40. The molecule has 8 rings (SSSR count). The van der Waals surface area contributed by atoms with Crippen LogP contribution in [0.5, 0.6) is 0 Å². The van der Waals surface area contributed by atoms with E-state index in [9.17, 15) is 0 Å². The number of rotatable bonds is 2. The molecule has 0 saturated carbocycles. The van der Waals surface area contributed by atoms with Crippen LogP contribution in [-0.4, -0.2) is 16.8 Å². The summed E-state index contributed by atoms with van der Waals surface area (Å²) in [5, 5.41) is 7.58. The molecule has 0 aliphatic rings. The summed E-state index contributed by atoms with van der Waals surface area (Å²) in [4.78, 5) is 9.14. The van der Waals surface area contributed by atoms with E-state index in [0.717, 1.165) is 11.0 Å². The Bertz CT molecular complexity index is 2030. The fourth-order valence-corrected chi connectivity index (χ4v) is 5.71. The van der Waals surface area contributed by atoms with Crippen LogP contribution in [0.2, 0.25) is 0 Å². The topological polar surface area (TPSA) is 25.8 Å². The summed E-state index contributed by atoms with van der Waals surface area (Å²) in [5.74, 6) is 0. The molecule has 0 N–H and O–H groups in total.